The first-order chi connectivity index (χ1) is 8.61. The van der Waals surface area contributed by atoms with Crippen molar-refractivity contribution < 1.29 is 9.53 Å². The lowest BCUT2D eigenvalue weighted by atomic mass is 10.1. The summed E-state index contributed by atoms with van der Waals surface area (Å²) < 4.78 is 6.92. The SMILES string of the molecule is CCOC(=O)CCn1cnc2cc(C)c(C)cc21. The average molecular weight is 246 g/mol. The van der Waals surface area contributed by atoms with E-state index in [1.165, 1.54) is 11.1 Å². The number of imidazole rings is 1. The molecule has 0 aliphatic heterocycles. The smallest absolute Gasteiger partial charge is 0.307 e. The second kappa shape index (κ2) is 5.21. The Kier molecular flexibility index (Phi) is 3.65. The number of aryl methyl sites for hydroxylation is 3. The Labute approximate surface area is 107 Å². The third-order valence-electron chi connectivity index (χ3n) is 3.10. The highest BCUT2D eigenvalue weighted by molar-refractivity contribution is 5.77. The molecule has 1 heterocycles. The van der Waals surface area contributed by atoms with Crippen LogP contribution in [0.3, 0.4) is 0 Å². The number of hydrogen-bond acceptors (Lipinski definition) is 3. The molecule has 0 bridgehead atoms. The average Bonchev–Trinajstić information content (AvgIpc) is 2.70. The Balaban J connectivity index is 2.19. The summed E-state index contributed by atoms with van der Waals surface area (Å²) in [7, 11) is 0. The van der Waals surface area contributed by atoms with Gasteiger partial charge in [-0.1, -0.05) is 0 Å². The topological polar surface area (TPSA) is 44.1 Å². The van der Waals surface area contributed by atoms with Gasteiger partial charge in [0.2, 0.25) is 0 Å². The first-order valence-corrected chi connectivity index (χ1v) is 6.19. The van der Waals surface area contributed by atoms with E-state index in [1.807, 2.05) is 11.5 Å². The van der Waals surface area contributed by atoms with Gasteiger partial charge >= 0.3 is 5.97 Å². The van der Waals surface area contributed by atoms with Crippen LogP contribution >= 0.6 is 0 Å². The largest absolute Gasteiger partial charge is 0.466 e. The van der Waals surface area contributed by atoms with Crippen LogP contribution in [0.4, 0.5) is 0 Å². The Hall–Kier alpha value is -1.84. The van der Waals surface area contributed by atoms with E-state index in [0.717, 1.165) is 11.0 Å². The van der Waals surface area contributed by atoms with E-state index in [4.69, 9.17) is 4.74 Å². The van der Waals surface area contributed by atoms with E-state index in [9.17, 15) is 4.79 Å². The van der Waals surface area contributed by atoms with Crippen molar-refractivity contribution in [1.29, 1.82) is 0 Å². The Morgan fingerprint density at radius 3 is 2.78 bits per heavy atom. The molecule has 0 fully saturated rings. The van der Waals surface area contributed by atoms with Crippen LogP contribution in [0.5, 0.6) is 0 Å². The molecular weight excluding hydrogens is 228 g/mol. The van der Waals surface area contributed by atoms with Crippen LogP contribution < -0.4 is 0 Å². The lowest BCUT2D eigenvalue weighted by Crippen LogP contribution is -2.08. The second-order valence-corrected chi connectivity index (χ2v) is 4.42. The highest BCUT2D eigenvalue weighted by atomic mass is 16.5. The fourth-order valence-corrected chi connectivity index (χ4v) is 1.94. The van der Waals surface area contributed by atoms with Crippen LogP contribution in [-0.4, -0.2) is 22.1 Å². The minimum absolute atomic E-state index is 0.164. The van der Waals surface area contributed by atoms with Crippen LogP contribution in [-0.2, 0) is 16.1 Å². The zero-order chi connectivity index (χ0) is 13.1. The molecule has 0 atom stereocenters. The van der Waals surface area contributed by atoms with Crippen molar-refractivity contribution in [1.82, 2.24) is 9.55 Å². The van der Waals surface area contributed by atoms with Gasteiger partial charge in [-0.3, -0.25) is 4.79 Å². The summed E-state index contributed by atoms with van der Waals surface area (Å²) in [5, 5.41) is 0. The maximum absolute atomic E-state index is 11.3. The molecule has 0 N–H and O–H groups in total. The highest BCUT2D eigenvalue weighted by Gasteiger charge is 2.07. The predicted molar refractivity (Wildman–Crippen MR) is 70.5 cm³/mol. The number of nitrogens with zero attached hydrogens (tertiary/aromatic N) is 2. The van der Waals surface area contributed by atoms with E-state index in [-0.39, 0.29) is 5.97 Å². The molecule has 0 radical (unpaired) electrons. The number of carbonyl (C=O) groups excluding carboxylic acids is 1. The van der Waals surface area contributed by atoms with Gasteiger partial charge < -0.3 is 9.30 Å². The monoisotopic (exact) mass is 246 g/mol. The minimum Gasteiger partial charge on any atom is -0.466 e. The number of carbonyl (C=O) groups is 1. The van der Waals surface area contributed by atoms with Crippen LogP contribution in [0.1, 0.15) is 24.5 Å². The molecule has 4 nitrogen and oxygen atoms in total. The van der Waals surface area contributed by atoms with Crippen molar-refractivity contribution >= 4 is 17.0 Å². The fraction of sp³-hybridized carbons (Fsp3) is 0.429. The molecule has 1 aromatic heterocycles. The molecule has 0 aliphatic carbocycles. The molecular formula is C14H18N2O2. The van der Waals surface area contributed by atoms with Crippen molar-refractivity contribution in [3.8, 4) is 0 Å². The van der Waals surface area contributed by atoms with Crippen LogP contribution in [0.25, 0.3) is 11.0 Å². The Morgan fingerprint density at radius 2 is 2.06 bits per heavy atom. The van der Waals surface area contributed by atoms with Crippen LogP contribution in [0.15, 0.2) is 18.5 Å². The maximum atomic E-state index is 11.3. The molecule has 0 spiro atoms. The molecule has 4 heteroatoms. The zero-order valence-corrected chi connectivity index (χ0v) is 11.1. The van der Waals surface area contributed by atoms with E-state index >= 15 is 0 Å². The molecule has 0 saturated heterocycles. The van der Waals surface area contributed by atoms with Crippen molar-refractivity contribution in [3.05, 3.63) is 29.6 Å². The van der Waals surface area contributed by atoms with Gasteiger partial charge in [-0.05, 0) is 44.0 Å². The van der Waals surface area contributed by atoms with Crippen LogP contribution in [0.2, 0.25) is 0 Å². The van der Waals surface area contributed by atoms with Gasteiger partial charge in [-0.15, -0.1) is 0 Å². The van der Waals surface area contributed by atoms with Gasteiger partial charge in [0.1, 0.15) is 0 Å². The number of aromatic nitrogens is 2. The predicted octanol–water partition coefficient (Wildman–Crippen LogP) is 2.61. The third-order valence-corrected chi connectivity index (χ3v) is 3.10. The summed E-state index contributed by atoms with van der Waals surface area (Å²) in [6.07, 6.45) is 2.16. The minimum atomic E-state index is -0.164. The van der Waals surface area contributed by atoms with Gasteiger partial charge in [0, 0.05) is 6.54 Å². The first-order valence-electron chi connectivity index (χ1n) is 6.19. The molecule has 2 aromatic rings. The first kappa shape index (κ1) is 12.6. The molecule has 0 unspecified atom stereocenters. The van der Waals surface area contributed by atoms with E-state index in [1.54, 1.807) is 6.33 Å². The van der Waals surface area contributed by atoms with Gasteiger partial charge in [0.15, 0.2) is 0 Å². The summed E-state index contributed by atoms with van der Waals surface area (Å²) in [6.45, 7) is 7.01. The Morgan fingerprint density at radius 1 is 1.33 bits per heavy atom. The molecule has 0 aliphatic rings. The van der Waals surface area contributed by atoms with Gasteiger partial charge in [-0.2, -0.15) is 0 Å². The standard InChI is InChI=1S/C14H18N2O2/c1-4-18-14(17)5-6-16-9-15-12-7-10(2)11(3)8-13(12)16/h7-9H,4-6H2,1-3H3. The van der Waals surface area contributed by atoms with Crippen molar-refractivity contribution in [2.24, 2.45) is 0 Å². The van der Waals surface area contributed by atoms with Crippen LogP contribution in [0, 0.1) is 13.8 Å². The molecule has 2 rings (SSSR count). The van der Waals surface area contributed by atoms with E-state index in [2.05, 4.69) is 31.0 Å². The quantitative estimate of drug-likeness (QED) is 0.779. The summed E-state index contributed by atoms with van der Waals surface area (Å²) in [4.78, 5) is 15.7. The number of fused-ring (bicyclic) bond motifs is 1. The summed E-state index contributed by atoms with van der Waals surface area (Å²) in [5.41, 5.74) is 4.52. The van der Waals surface area contributed by atoms with Crippen molar-refractivity contribution in [3.63, 3.8) is 0 Å². The van der Waals surface area contributed by atoms with Gasteiger partial charge in [-0.25, -0.2) is 4.98 Å². The van der Waals surface area contributed by atoms with Crippen molar-refractivity contribution in [2.45, 2.75) is 33.7 Å². The molecule has 0 saturated carbocycles. The third kappa shape index (κ3) is 2.53. The lowest BCUT2D eigenvalue weighted by Gasteiger charge is -2.06. The van der Waals surface area contributed by atoms with Gasteiger partial charge in [0.05, 0.1) is 30.4 Å². The van der Waals surface area contributed by atoms with E-state index < -0.39 is 0 Å². The van der Waals surface area contributed by atoms with Crippen molar-refractivity contribution in [2.75, 3.05) is 6.61 Å². The van der Waals surface area contributed by atoms with Gasteiger partial charge in [0.25, 0.3) is 0 Å². The Bertz CT molecular complexity index is 572. The maximum Gasteiger partial charge on any atom is 0.307 e. The zero-order valence-electron chi connectivity index (χ0n) is 11.1. The number of ether oxygens (including phenoxy) is 1. The molecule has 1 aromatic carbocycles. The second-order valence-electron chi connectivity index (χ2n) is 4.42. The highest BCUT2D eigenvalue weighted by Crippen LogP contribution is 2.18. The molecule has 0 amide bonds. The number of benzene rings is 1. The summed E-state index contributed by atoms with van der Waals surface area (Å²) >= 11 is 0. The lowest BCUT2D eigenvalue weighted by molar-refractivity contribution is -0.143. The number of hydrogen-bond donors (Lipinski definition) is 0. The summed E-state index contributed by atoms with van der Waals surface area (Å²) in [6, 6.07) is 4.19. The normalized spacial score (nSPS) is 10.8. The number of esters is 1. The molecule has 18 heavy (non-hydrogen) atoms. The fourth-order valence-electron chi connectivity index (χ4n) is 1.94. The molecule has 96 valence electrons. The van der Waals surface area contributed by atoms with E-state index in [0.29, 0.717) is 19.6 Å². The summed E-state index contributed by atoms with van der Waals surface area (Å²) in [5.74, 6) is -0.164. The number of rotatable bonds is 4.